The SMILES string of the molecule is CCCNCc1cc(CC)nc(OCCCC(C)C)c1. The zero-order valence-electron chi connectivity index (χ0n) is 13.5. The zero-order valence-corrected chi connectivity index (χ0v) is 13.5. The Morgan fingerprint density at radius 2 is 2.05 bits per heavy atom. The van der Waals surface area contributed by atoms with Crippen LogP contribution in [0, 0.1) is 5.92 Å². The predicted octanol–water partition coefficient (Wildman–Crippen LogP) is 3.96. The molecular weight excluding hydrogens is 248 g/mol. The van der Waals surface area contributed by atoms with E-state index in [1.165, 1.54) is 12.0 Å². The molecule has 114 valence electrons. The summed E-state index contributed by atoms with van der Waals surface area (Å²) in [4.78, 5) is 4.55. The van der Waals surface area contributed by atoms with Gasteiger partial charge in [0.15, 0.2) is 0 Å². The van der Waals surface area contributed by atoms with E-state index in [-0.39, 0.29) is 0 Å². The molecule has 1 aromatic rings. The fourth-order valence-corrected chi connectivity index (χ4v) is 2.06. The van der Waals surface area contributed by atoms with Gasteiger partial charge in [0.05, 0.1) is 6.61 Å². The number of aryl methyl sites for hydroxylation is 1. The largest absolute Gasteiger partial charge is 0.478 e. The molecule has 0 bridgehead atoms. The third-order valence-corrected chi connectivity index (χ3v) is 3.21. The van der Waals surface area contributed by atoms with Crippen molar-refractivity contribution >= 4 is 0 Å². The highest BCUT2D eigenvalue weighted by Crippen LogP contribution is 2.14. The molecule has 0 saturated carbocycles. The first kappa shape index (κ1) is 17.0. The van der Waals surface area contributed by atoms with Gasteiger partial charge < -0.3 is 10.1 Å². The Labute approximate surface area is 124 Å². The number of ether oxygens (including phenoxy) is 1. The molecule has 0 aliphatic carbocycles. The summed E-state index contributed by atoms with van der Waals surface area (Å²) in [5.74, 6) is 1.52. The minimum absolute atomic E-state index is 0.738. The highest BCUT2D eigenvalue weighted by atomic mass is 16.5. The number of nitrogens with zero attached hydrogens (tertiary/aromatic N) is 1. The highest BCUT2D eigenvalue weighted by molar-refractivity contribution is 5.25. The van der Waals surface area contributed by atoms with Gasteiger partial charge in [0, 0.05) is 18.3 Å². The van der Waals surface area contributed by atoms with E-state index >= 15 is 0 Å². The van der Waals surface area contributed by atoms with Crippen LogP contribution in [0.5, 0.6) is 5.88 Å². The van der Waals surface area contributed by atoms with Crippen molar-refractivity contribution in [1.29, 1.82) is 0 Å². The number of hydrogen-bond acceptors (Lipinski definition) is 3. The minimum Gasteiger partial charge on any atom is -0.478 e. The van der Waals surface area contributed by atoms with Crippen molar-refractivity contribution in [3.63, 3.8) is 0 Å². The summed E-state index contributed by atoms with van der Waals surface area (Å²) in [5.41, 5.74) is 2.38. The highest BCUT2D eigenvalue weighted by Gasteiger charge is 2.03. The smallest absolute Gasteiger partial charge is 0.213 e. The minimum atomic E-state index is 0.738. The van der Waals surface area contributed by atoms with E-state index in [1.807, 2.05) is 0 Å². The van der Waals surface area contributed by atoms with E-state index in [0.29, 0.717) is 0 Å². The molecule has 0 atom stereocenters. The van der Waals surface area contributed by atoms with Crippen molar-refractivity contribution in [2.75, 3.05) is 13.2 Å². The maximum atomic E-state index is 5.81. The number of aromatic nitrogens is 1. The average Bonchev–Trinajstić information content (AvgIpc) is 2.43. The van der Waals surface area contributed by atoms with Gasteiger partial charge in [-0.15, -0.1) is 0 Å². The van der Waals surface area contributed by atoms with Crippen molar-refractivity contribution in [3.05, 3.63) is 23.4 Å². The number of pyridine rings is 1. The van der Waals surface area contributed by atoms with Crippen LogP contribution < -0.4 is 10.1 Å². The first-order valence-electron chi connectivity index (χ1n) is 7.99. The molecule has 0 fully saturated rings. The summed E-state index contributed by atoms with van der Waals surface area (Å²) in [5, 5.41) is 3.43. The molecule has 0 amide bonds. The molecule has 0 saturated heterocycles. The van der Waals surface area contributed by atoms with Gasteiger partial charge >= 0.3 is 0 Å². The van der Waals surface area contributed by atoms with Crippen molar-refractivity contribution < 1.29 is 4.74 Å². The van der Waals surface area contributed by atoms with Crippen LogP contribution in [0.3, 0.4) is 0 Å². The first-order valence-corrected chi connectivity index (χ1v) is 7.99. The van der Waals surface area contributed by atoms with Crippen LogP contribution in [0.1, 0.15) is 58.2 Å². The van der Waals surface area contributed by atoms with E-state index in [2.05, 4.69) is 50.1 Å². The quantitative estimate of drug-likeness (QED) is 0.658. The summed E-state index contributed by atoms with van der Waals surface area (Å²) in [6.45, 7) is 11.5. The van der Waals surface area contributed by atoms with Crippen molar-refractivity contribution in [2.24, 2.45) is 5.92 Å². The van der Waals surface area contributed by atoms with Gasteiger partial charge in [-0.1, -0.05) is 27.7 Å². The van der Waals surface area contributed by atoms with E-state index in [0.717, 1.165) is 56.5 Å². The molecule has 1 heterocycles. The normalized spacial score (nSPS) is 11.1. The molecule has 0 aliphatic heterocycles. The van der Waals surface area contributed by atoms with E-state index in [9.17, 15) is 0 Å². The van der Waals surface area contributed by atoms with E-state index in [1.54, 1.807) is 0 Å². The molecular formula is C17H30N2O. The van der Waals surface area contributed by atoms with E-state index in [4.69, 9.17) is 4.74 Å². The summed E-state index contributed by atoms with van der Waals surface area (Å²) < 4.78 is 5.81. The molecule has 3 nitrogen and oxygen atoms in total. The molecule has 0 spiro atoms. The third kappa shape index (κ3) is 6.90. The second-order valence-corrected chi connectivity index (χ2v) is 5.72. The Hall–Kier alpha value is -1.09. The van der Waals surface area contributed by atoms with Crippen molar-refractivity contribution in [1.82, 2.24) is 10.3 Å². The van der Waals surface area contributed by atoms with Gasteiger partial charge in [-0.05, 0) is 49.8 Å². The Morgan fingerprint density at radius 1 is 1.25 bits per heavy atom. The summed E-state index contributed by atoms with van der Waals surface area (Å²) >= 11 is 0. The topological polar surface area (TPSA) is 34.2 Å². The van der Waals surface area contributed by atoms with Crippen LogP contribution in [0.4, 0.5) is 0 Å². The predicted molar refractivity (Wildman–Crippen MR) is 85.2 cm³/mol. The second kappa shape index (κ2) is 9.76. The monoisotopic (exact) mass is 278 g/mol. The van der Waals surface area contributed by atoms with Crippen LogP contribution in [0.15, 0.2) is 12.1 Å². The maximum Gasteiger partial charge on any atom is 0.213 e. The lowest BCUT2D eigenvalue weighted by Gasteiger charge is -2.11. The standard InChI is InChI=1S/C17H30N2O/c1-5-9-18-13-15-11-16(6-2)19-17(12-15)20-10-7-8-14(3)4/h11-12,14,18H,5-10,13H2,1-4H3. The van der Waals surface area contributed by atoms with Crippen LogP contribution in [0.25, 0.3) is 0 Å². The lowest BCUT2D eigenvalue weighted by atomic mass is 10.1. The third-order valence-electron chi connectivity index (χ3n) is 3.21. The van der Waals surface area contributed by atoms with Gasteiger partial charge in [-0.25, -0.2) is 4.98 Å². The van der Waals surface area contributed by atoms with Gasteiger partial charge in [0.1, 0.15) is 0 Å². The Kier molecular flexibility index (Phi) is 8.28. The Balaban J connectivity index is 2.53. The molecule has 0 aromatic carbocycles. The fraction of sp³-hybridized carbons (Fsp3) is 0.706. The van der Waals surface area contributed by atoms with Gasteiger partial charge in [-0.3, -0.25) is 0 Å². The van der Waals surface area contributed by atoms with Gasteiger partial charge in [-0.2, -0.15) is 0 Å². The first-order chi connectivity index (χ1) is 9.65. The van der Waals surface area contributed by atoms with Crippen LogP contribution in [-0.4, -0.2) is 18.1 Å². The lowest BCUT2D eigenvalue weighted by Crippen LogP contribution is -2.14. The molecule has 20 heavy (non-hydrogen) atoms. The summed E-state index contributed by atoms with van der Waals surface area (Å²) in [6.07, 6.45) is 4.41. The summed E-state index contributed by atoms with van der Waals surface area (Å²) in [6, 6.07) is 4.24. The zero-order chi connectivity index (χ0) is 14.8. The summed E-state index contributed by atoms with van der Waals surface area (Å²) in [7, 11) is 0. The van der Waals surface area contributed by atoms with Crippen molar-refractivity contribution in [2.45, 2.75) is 59.9 Å². The second-order valence-electron chi connectivity index (χ2n) is 5.72. The molecule has 0 aliphatic rings. The number of nitrogens with one attached hydrogen (secondary N) is 1. The van der Waals surface area contributed by atoms with Crippen LogP contribution in [-0.2, 0) is 13.0 Å². The maximum absolute atomic E-state index is 5.81. The number of hydrogen-bond donors (Lipinski definition) is 1. The molecule has 1 N–H and O–H groups in total. The van der Waals surface area contributed by atoms with Crippen LogP contribution in [0.2, 0.25) is 0 Å². The lowest BCUT2D eigenvalue weighted by molar-refractivity contribution is 0.286. The van der Waals surface area contributed by atoms with Crippen LogP contribution >= 0.6 is 0 Å². The fourth-order valence-electron chi connectivity index (χ4n) is 2.06. The molecule has 1 aromatic heterocycles. The molecule has 0 radical (unpaired) electrons. The Bertz CT molecular complexity index is 377. The number of rotatable bonds is 10. The van der Waals surface area contributed by atoms with Gasteiger partial charge in [0.25, 0.3) is 0 Å². The molecule has 3 heteroatoms. The molecule has 1 rings (SSSR count). The van der Waals surface area contributed by atoms with Gasteiger partial charge in [0.2, 0.25) is 5.88 Å². The average molecular weight is 278 g/mol. The van der Waals surface area contributed by atoms with E-state index < -0.39 is 0 Å². The van der Waals surface area contributed by atoms with Crippen molar-refractivity contribution in [3.8, 4) is 5.88 Å². The Morgan fingerprint density at radius 3 is 2.70 bits per heavy atom. The molecule has 0 unspecified atom stereocenters.